The van der Waals surface area contributed by atoms with Gasteiger partial charge in [0.1, 0.15) is 11.6 Å². The first-order valence-corrected chi connectivity index (χ1v) is 6.89. The summed E-state index contributed by atoms with van der Waals surface area (Å²) in [5, 5.41) is 6.04. The van der Waals surface area contributed by atoms with Crippen LogP contribution in [0.4, 0.5) is 21.8 Å². The first kappa shape index (κ1) is 14.0. The normalized spacial score (nSPS) is 10.3. The second kappa shape index (κ2) is 6.22. The second-order valence-corrected chi connectivity index (χ2v) is 4.71. The van der Waals surface area contributed by atoms with E-state index in [4.69, 9.17) is 0 Å². The van der Waals surface area contributed by atoms with Gasteiger partial charge in [-0.2, -0.15) is 4.98 Å². The van der Waals surface area contributed by atoms with Gasteiger partial charge >= 0.3 is 0 Å². The smallest absolute Gasteiger partial charge is 0.224 e. The molecule has 3 rings (SSSR count). The molecule has 4 nitrogen and oxygen atoms in total. The topological polar surface area (TPSA) is 49.8 Å². The fourth-order valence-electron chi connectivity index (χ4n) is 2.09. The first-order chi connectivity index (χ1) is 10.7. The minimum absolute atomic E-state index is 0.295. The van der Waals surface area contributed by atoms with Crippen molar-refractivity contribution in [3.8, 4) is 11.3 Å². The van der Waals surface area contributed by atoms with E-state index in [2.05, 4.69) is 20.6 Å². The molecule has 0 aliphatic rings. The summed E-state index contributed by atoms with van der Waals surface area (Å²) in [6, 6.07) is 17.9. The Morgan fingerprint density at radius 2 is 1.73 bits per heavy atom. The maximum atomic E-state index is 13.3. The largest absolute Gasteiger partial charge is 0.357 e. The number of hydrogen-bond donors (Lipinski definition) is 2. The molecule has 2 aromatic carbocycles. The average molecular weight is 294 g/mol. The number of hydrogen-bond acceptors (Lipinski definition) is 4. The van der Waals surface area contributed by atoms with Gasteiger partial charge in [-0.25, -0.2) is 9.37 Å². The standard InChI is InChI=1S/C17H15FN4/c1-19-17-21-15(12-6-3-2-4-7-12)11-16(22-17)20-14-9-5-8-13(18)10-14/h2-11H,1H3,(H2,19,20,21,22). The molecule has 0 saturated heterocycles. The predicted molar refractivity (Wildman–Crippen MR) is 86.7 cm³/mol. The molecule has 0 aliphatic carbocycles. The van der Waals surface area contributed by atoms with E-state index in [0.29, 0.717) is 17.5 Å². The summed E-state index contributed by atoms with van der Waals surface area (Å²) < 4.78 is 13.3. The molecule has 0 atom stereocenters. The SMILES string of the molecule is CNc1nc(Nc2cccc(F)c2)cc(-c2ccccc2)n1. The van der Waals surface area contributed by atoms with Gasteiger partial charge in [0.25, 0.3) is 0 Å². The van der Waals surface area contributed by atoms with Gasteiger partial charge in [0.15, 0.2) is 0 Å². The van der Waals surface area contributed by atoms with Gasteiger partial charge in [-0.3, -0.25) is 0 Å². The van der Waals surface area contributed by atoms with Crippen molar-refractivity contribution in [2.45, 2.75) is 0 Å². The molecule has 0 saturated carbocycles. The van der Waals surface area contributed by atoms with Crippen LogP contribution in [-0.2, 0) is 0 Å². The summed E-state index contributed by atoms with van der Waals surface area (Å²) in [5.41, 5.74) is 2.42. The first-order valence-electron chi connectivity index (χ1n) is 6.89. The van der Waals surface area contributed by atoms with Gasteiger partial charge in [0.05, 0.1) is 5.69 Å². The summed E-state index contributed by atoms with van der Waals surface area (Å²) in [6.45, 7) is 0. The second-order valence-electron chi connectivity index (χ2n) is 4.71. The van der Waals surface area contributed by atoms with Crippen LogP contribution in [0.25, 0.3) is 11.3 Å². The number of nitrogens with one attached hydrogen (secondary N) is 2. The zero-order chi connectivity index (χ0) is 15.4. The van der Waals surface area contributed by atoms with E-state index in [0.717, 1.165) is 11.3 Å². The number of anilines is 3. The maximum absolute atomic E-state index is 13.3. The zero-order valence-corrected chi connectivity index (χ0v) is 12.0. The summed E-state index contributed by atoms with van der Waals surface area (Å²) in [7, 11) is 1.76. The van der Waals surface area contributed by atoms with E-state index in [-0.39, 0.29) is 5.82 Å². The lowest BCUT2D eigenvalue weighted by Gasteiger charge is -2.10. The van der Waals surface area contributed by atoms with E-state index >= 15 is 0 Å². The van der Waals surface area contributed by atoms with Crippen molar-refractivity contribution in [1.29, 1.82) is 0 Å². The van der Waals surface area contributed by atoms with Crippen molar-refractivity contribution in [2.75, 3.05) is 17.7 Å². The van der Waals surface area contributed by atoms with Gasteiger partial charge in [-0.1, -0.05) is 36.4 Å². The molecule has 5 heteroatoms. The van der Waals surface area contributed by atoms with E-state index < -0.39 is 0 Å². The lowest BCUT2D eigenvalue weighted by atomic mass is 10.1. The molecule has 0 aliphatic heterocycles. The molecule has 0 fully saturated rings. The Kier molecular flexibility index (Phi) is 3.96. The van der Waals surface area contributed by atoms with Crippen molar-refractivity contribution in [1.82, 2.24) is 9.97 Å². The molecule has 0 bridgehead atoms. The maximum Gasteiger partial charge on any atom is 0.224 e. The third-order valence-electron chi connectivity index (χ3n) is 3.12. The fraction of sp³-hybridized carbons (Fsp3) is 0.0588. The van der Waals surface area contributed by atoms with Crippen LogP contribution < -0.4 is 10.6 Å². The summed E-state index contributed by atoms with van der Waals surface area (Å²) in [4.78, 5) is 8.79. The molecule has 0 unspecified atom stereocenters. The van der Waals surface area contributed by atoms with Crippen LogP contribution in [0.1, 0.15) is 0 Å². The average Bonchev–Trinajstić information content (AvgIpc) is 2.55. The number of nitrogens with zero attached hydrogens (tertiary/aromatic N) is 2. The van der Waals surface area contributed by atoms with E-state index in [1.807, 2.05) is 36.4 Å². The van der Waals surface area contributed by atoms with Crippen LogP contribution >= 0.6 is 0 Å². The van der Waals surface area contributed by atoms with Crippen LogP contribution in [0.2, 0.25) is 0 Å². The zero-order valence-electron chi connectivity index (χ0n) is 12.0. The summed E-state index contributed by atoms with van der Waals surface area (Å²) in [5.74, 6) is 0.806. The van der Waals surface area contributed by atoms with Crippen molar-refractivity contribution in [3.05, 3.63) is 66.5 Å². The highest BCUT2D eigenvalue weighted by atomic mass is 19.1. The molecule has 1 heterocycles. The highest BCUT2D eigenvalue weighted by molar-refractivity contribution is 5.67. The molecule has 110 valence electrons. The van der Waals surface area contributed by atoms with Crippen molar-refractivity contribution in [2.24, 2.45) is 0 Å². The summed E-state index contributed by atoms with van der Waals surface area (Å²) >= 11 is 0. The van der Waals surface area contributed by atoms with Crippen LogP contribution in [0.3, 0.4) is 0 Å². The van der Waals surface area contributed by atoms with Crippen LogP contribution in [-0.4, -0.2) is 17.0 Å². The Labute approximate surface area is 128 Å². The molecule has 3 aromatic rings. The molecule has 0 amide bonds. The summed E-state index contributed by atoms with van der Waals surface area (Å²) in [6.07, 6.45) is 0. The van der Waals surface area contributed by atoms with Gasteiger partial charge in [0, 0.05) is 24.4 Å². The van der Waals surface area contributed by atoms with Crippen LogP contribution in [0, 0.1) is 5.82 Å². The molecule has 1 aromatic heterocycles. The Balaban J connectivity index is 1.97. The Hall–Kier alpha value is -2.95. The highest BCUT2D eigenvalue weighted by Crippen LogP contribution is 2.23. The minimum atomic E-state index is -0.295. The Bertz CT molecular complexity index is 775. The van der Waals surface area contributed by atoms with Crippen LogP contribution in [0.5, 0.6) is 0 Å². The highest BCUT2D eigenvalue weighted by Gasteiger charge is 2.06. The van der Waals surface area contributed by atoms with E-state index in [1.54, 1.807) is 19.2 Å². The molecule has 2 N–H and O–H groups in total. The number of aromatic nitrogens is 2. The molecule has 22 heavy (non-hydrogen) atoms. The van der Waals surface area contributed by atoms with Crippen molar-refractivity contribution in [3.63, 3.8) is 0 Å². The molecular weight excluding hydrogens is 279 g/mol. The third kappa shape index (κ3) is 3.20. The Morgan fingerprint density at radius 1 is 0.909 bits per heavy atom. The Morgan fingerprint density at radius 3 is 2.45 bits per heavy atom. The van der Waals surface area contributed by atoms with Crippen molar-refractivity contribution < 1.29 is 4.39 Å². The number of rotatable bonds is 4. The predicted octanol–water partition coefficient (Wildman–Crippen LogP) is 4.07. The quantitative estimate of drug-likeness (QED) is 0.761. The number of benzene rings is 2. The van der Waals surface area contributed by atoms with E-state index in [9.17, 15) is 4.39 Å². The molecular formula is C17H15FN4. The van der Waals surface area contributed by atoms with Gasteiger partial charge in [0.2, 0.25) is 5.95 Å². The monoisotopic (exact) mass is 294 g/mol. The van der Waals surface area contributed by atoms with Crippen molar-refractivity contribution >= 4 is 17.5 Å². The molecule has 0 radical (unpaired) electrons. The lowest BCUT2D eigenvalue weighted by molar-refractivity contribution is 0.628. The molecule has 0 spiro atoms. The lowest BCUT2D eigenvalue weighted by Crippen LogP contribution is -2.02. The van der Waals surface area contributed by atoms with Crippen LogP contribution in [0.15, 0.2) is 60.7 Å². The van der Waals surface area contributed by atoms with Gasteiger partial charge in [-0.05, 0) is 18.2 Å². The van der Waals surface area contributed by atoms with Gasteiger partial charge in [-0.15, -0.1) is 0 Å². The minimum Gasteiger partial charge on any atom is -0.357 e. The third-order valence-corrected chi connectivity index (χ3v) is 3.12. The number of halogens is 1. The van der Waals surface area contributed by atoms with E-state index in [1.165, 1.54) is 12.1 Å². The fourth-order valence-corrected chi connectivity index (χ4v) is 2.09. The van der Waals surface area contributed by atoms with Gasteiger partial charge < -0.3 is 10.6 Å².